The van der Waals surface area contributed by atoms with Crippen LogP contribution in [0.2, 0.25) is 0 Å². The maximum absolute atomic E-state index is 12.7. The molecule has 0 bridgehead atoms. The fraction of sp³-hybridized carbons (Fsp3) is 0.375. The number of pyridine rings is 1. The summed E-state index contributed by atoms with van der Waals surface area (Å²) < 4.78 is 30.1. The van der Waals surface area contributed by atoms with Gasteiger partial charge in [-0.1, -0.05) is 15.9 Å². The summed E-state index contributed by atoms with van der Waals surface area (Å²) in [7, 11) is 1.29. The Hall–Kier alpha value is -0.910. The Morgan fingerprint density at radius 1 is 1.64 bits per heavy atom. The molecule has 0 aliphatic carbocycles. The molecule has 0 unspecified atom stereocenters. The molecule has 0 saturated carbocycles. The molecule has 78 valence electrons. The van der Waals surface area contributed by atoms with Gasteiger partial charge in [0.05, 0.1) is 12.7 Å². The summed E-state index contributed by atoms with van der Waals surface area (Å²) in [5.41, 5.74) is 5.59. The van der Waals surface area contributed by atoms with E-state index in [2.05, 4.69) is 20.9 Å². The predicted octanol–water partition coefficient (Wildman–Crippen LogP) is 2.50. The molecule has 0 fully saturated rings. The number of nitrogen functional groups attached to an aromatic ring is 1. The van der Waals surface area contributed by atoms with E-state index in [0.29, 0.717) is 5.56 Å². The number of nitrogens with two attached hydrogens (primary N) is 1. The molecule has 6 heteroatoms. The summed E-state index contributed by atoms with van der Waals surface area (Å²) in [6, 6.07) is 0. The molecule has 2 N–H and O–H groups in total. The first-order chi connectivity index (χ1) is 6.61. The molecule has 0 saturated heterocycles. The number of aromatic nitrogens is 1. The van der Waals surface area contributed by atoms with E-state index in [1.165, 1.54) is 13.3 Å². The van der Waals surface area contributed by atoms with Crippen molar-refractivity contribution < 1.29 is 13.5 Å². The number of alkyl halides is 3. The van der Waals surface area contributed by atoms with Gasteiger partial charge in [-0.15, -0.1) is 0 Å². The Morgan fingerprint density at radius 3 is 2.71 bits per heavy atom. The van der Waals surface area contributed by atoms with Gasteiger partial charge in [0, 0.05) is 11.5 Å². The fourth-order valence-corrected chi connectivity index (χ4v) is 1.57. The molecule has 0 spiro atoms. The number of methoxy groups -OCH3 is 1. The highest BCUT2D eigenvalue weighted by Crippen LogP contribution is 2.35. The summed E-state index contributed by atoms with van der Waals surface area (Å²) in [5.74, 6) is -0.0653. The third kappa shape index (κ3) is 1.95. The first-order valence-electron chi connectivity index (χ1n) is 3.77. The molecule has 1 aromatic rings. The van der Waals surface area contributed by atoms with Crippen LogP contribution in [0.3, 0.4) is 0 Å². The lowest BCUT2D eigenvalue weighted by molar-refractivity contribution is 0.146. The molecular formula is C8H9BrF2N2O. The van der Waals surface area contributed by atoms with Gasteiger partial charge >= 0.3 is 0 Å². The second-order valence-corrected chi connectivity index (χ2v) is 3.11. The largest absolute Gasteiger partial charge is 0.492 e. The van der Waals surface area contributed by atoms with Crippen LogP contribution in [0, 0.1) is 0 Å². The molecular weight excluding hydrogens is 258 g/mol. The smallest absolute Gasteiger partial charge is 0.267 e. The fourth-order valence-electron chi connectivity index (χ4n) is 1.12. The highest BCUT2D eigenvalue weighted by Gasteiger charge is 2.21. The maximum atomic E-state index is 12.7. The summed E-state index contributed by atoms with van der Waals surface area (Å²) in [4.78, 5) is 3.75. The Kier molecular flexibility index (Phi) is 3.62. The molecule has 0 radical (unpaired) electrons. The summed E-state index contributed by atoms with van der Waals surface area (Å²) in [6.07, 6.45) is -1.31. The van der Waals surface area contributed by atoms with Gasteiger partial charge in [-0.2, -0.15) is 0 Å². The SMILES string of the molecule is COc1c(N)ncc(CBr)c1C(F)F. The number of halogens is 3. The van der Waals surface area contributed by atoms with Gasteiger partial charge in [-0.25, -0.2) is 13.8 Å². The van der Waals surface area contributed by atoms with Gasteiger partial charge in [0.25, 0.3) is 6.43 Å². The van der Waals surface area contributed by atoms with E-state index in [1.54, 1.807) is 0 Å². The summed E-state index contributed by atoms with van der Waals surface area (Å²) >= 11 is 3.09. The molecule has 3 nitrogen and oxygen atoms in total. The molecule has 1 aromatic heterocycles. The average molecular weight is 267 g/mol. The van der Waals surface area contributed by atoms with E-state index < -0.39 is 6.43 Å². The lowest BCUT2D eigenvalue weighted by Crippen LogP contribution is -2.03. The number of hydrogen-bond donors (Lipinski definition) is 1. The third-order valence-corrected chi connectivity index (χ3v) is 2.35. The molecule has 0 amide bonds. The van der Waals surface area contributed by atoms with Crippen LogP contribution < -0.4 is 10.5 Å². The van der Waals surface area contributed by atoms with Crippen LogP contribution in [0.4, 0.5) is 14.6 Å². The molecule has 14 heavy (non-hydrogen) atoms. The normalized spacial score (nSPS) is 10.6. The highest BCUT2D eigenvalue weighted by atomic mass is 79.9. The lowest BCUT2D eigenvalue weighted by Gasteiger charge is -2.12. The van der Waals surface area contributed by atoms with Crippen molar-refractivity contribution in [2.45, 2.75) is 11.8 Å². The number of hydrogen-bond acceptors (Lipinski definition) is 3. The minimum atomic E-state index is -2.62. The Balaban J connectivity index is 3.36. The second kappa shape index (κ2) is 4.54. The minimum absolute atomic E-state index is 0.0208. The van der Waals surface area contributed by atoms with E-state index in [-0.39, 0.29) is 22.5 Å². The Bertz CT molecular complexity index is 333. The van der Waals surface area contributed by atoms with Gasteiger partial charge in [0.1, 0.15) is 0 Å². The molecule has 1 heterocycles. The monoisotopic (exact) mass is 266 g/mol. The van der Waals surface area contributed by atoms with E-state index in [4.69, 9.17) is 10.5 Å². The van der Waals surface area contributed by atoms with Gasteiger partial charge in [0.15, 0.2) is 11.6 Å². The summed E-state index contributed by atoms with van der Waals surface area (Å²) in [6.45, 7) is 0. The molecule has 0 aromatic carbocycles. The van der Waals surface area contributed by atoms with Crippen molar-refractivity contribution in [2.75, 3.05) is 12.8 Å². The van der Waals surface area contributed by atoms with E-state index in [1.807, 2.05) is 0 Å². The van der Waals surface area contributed by atoms with Crippen LogP contribution >= 0.6 is 15.9 Å². The van der Waals surface area contributed by atoms with Crippen molar-refractivity contribution in [2.24, 2.45) is 0 Å². The topological polar surface area (TPSA) is 48.1 Å². The molecule has 0 aliphatic rings. The Labute approximate surface area is 88.4 Å². The van der Waals surface area contributed by atoms with Crippen molar-refractivity contribution in [1.82, 2.24) is 4.98 Å². The van der Waals surface area contributed by atoms with Gasteiger partial charge < -0.3 is 10.5 Å². The number of anilines is 1. The van der Waals surface area contributed by atoms with Gasteiger partial charge in [0.2, 0.25) is 0 Å². The summed E-state index contributed by atoms with van der Waals surface area (Å²) in [5, 5.41) is 0.288. The minimum Gasteiger partial charge on any atom is -0.492 e. The van der Waals surface area contributed by atoms with Crippen molar-refractivity contribution in [3.05, 3.63) is 17.3 Å². The zero-order valence-corrected chi connectivity index (χ0v) is 9.01. The molecule has 0 atom stereocenters. The first-order valence-corrected chi connectivity index (χ1v) is 4.89. The van der Waals surface area contributed by atoms with Crippen molar-refractivity contribution in [3.8, 4) is 5.75 Å². The van der Waals surface area contributed by atoms with Crippen LogP contribution in [0.25, 0.3) is 0 Å². The van der Waals surface area contributed by atoms with E-state index in [9.17, 15) is 8.78 Å². The molecule has 0 aliphatic heterocycles. The average Bonchev–Trinajstić information content (AvgIpc) is 2.17. The van der Waals surface area contributed by atoms with Crippen molar-refractivity contribution in [3.63, 3.8) is 0 Å². The van der Waals surface area contributed by atoms with Crippen molar-refractivity contribution >= 4 is 21.7 Å². The standard InChI is InChI=1S/C8H9BrF2N2O/c1-14-6-5(7(10)11)4(2-9)3-13-8(6)12/h3,7H,2H2,1H3,(H2,12,13). The number of nitrogens with zero attached hydrogens (tertiary/aromatic N) is 1. The maximum Gasteiger partial charge on any atom is 0.267 e. The number of ether oxygens (including phenoxy) is 1. The van der Waals surface area contributed by atoms with Gasteiger partial charge in [-0.05, 0) is 5.56 Å². The quantitative estimate of drug-likeness (QED) is 0.856. The molecule has 1 rings (SSSR count). The first kappa shape index (κ1) is 11.2. The van der Waals surface area contributed by atoms with Crippen LogP contribution in [0.15, 0.2) is 6.20 Å². The second-order valence-electron chi connectivity index (χ2n) is 2.55. The van der Waals surface area contributed by atoms with E-state index in [0.717, 1.165) is 0 Å². The van der Waals surface area contributed by atoms with Crippen LogP contribution in [-0.2, 0) is 5.33 Å². The lowest BCUT2D eigenvalue weighted by atomic mass is 10.1. The van der Waals surface area contributed by atoms with Gasteiger partial charge in [-0.3, -0.25) is 0 Å². The predicted molar refractivity (Wildman–Crippen MR) is 52.8 cm³/mol. The third-order valence-electron chi connectivity index (χ3n) is 1.75. The number of rotatable bonds is 3. The van der Waals surface area contributed by atoms with Crippen molar-refractivity contribution in [1.29, 1.82) is 0 Å². The highest BCUT2D eigenvalue weighted by molar-refractivity contribution is 9.08. The van der Waals surface area contributed by atoms with Crippen LogP contribution in [0.5, 0.6) is 5.75 Å². The zero-order chi connectivity index (χ0) is 10.7. The Morgan fingerprint density at radius 2 is 2.29 bits per heavy atom. The van der Waals surface area contributed by atoms with Crippen LogP contribution in [-0.4, -0.2) is 12.1 Å². The zero-order valence-electron chi connectivity index (χ0n) is 7.43. The van der Waals surface area contributed by atoms with E-state index >= 15 is 0 Å². The van der Waals surface area contributed by atoms with Crippen LogP contribution in [0.1, 0.15) is 17.6 Å².